The van der Waals surface area contributed by atoms with E-state index in [0.29, 0.717) is 23.2 Å². The van der Waals surface area contributed by atoms with Crippen molar-refractivity contribution in [2.75, 3.05) is 11.9 Å². The number of hydrogen-bond donors (Lipinski definition) is 2. The molecule has 158 valence electrons. The highest BCUT2D eigenvalue weighted by Gasteiger charge is 2.39. The maximum absolute atomic E-state index is 10.5. The van der Waals surface area contributed by atoms with E-state index in [1.807, 2.05) is 29.9 Å². The molecule has 0 amide bonds. The molecule has 0 radical (unpaired) electrons. The summed E-state index contributed by atoms with van der Waals surface area (Å²) < 4.78 is 1.83. The van der Waals surface area contributed by atoms with Crippen molar-refractivity contribution in [2.45, 2.75) is 57.7 Å². The molecule has 0 atom stereocenters. The summed E-state index contributed by atoms with van der Waals surface area (Å²) in [5.74, 6) is 0.715. The van der Waals surface area contributed by atoms with Crippen LogP contribution < -0.4 is 10.2 Å². The number of nitrogens with zero attached hydrogens (tertiary/aromatic N) is 6. The van der Waals surface area contributed by atoms with Gasteiger partial charge in [-0.25, -0.2) is 9.97 Å². The van der Waals surface area contributed by atoms with Crippen LogP contribution in [-0.2, 0) is 0 Å². The van der Waals surface area contributed by atoms with E-state index in [2.05, 4.69) is 58.1 Å². The van der Waals surface area contributed by atoms with Gasteiger partial charge in [0, 0.05) is 48.2 Å². The number of phenolic OH excluding ortho intramolecular Hbond substituents is 1. The molecule has 3 aromatic rings. The maximum Gasteiger partial charge on any atom is 0.245 e. The highest BCUT2D eigenvalue weighted by Crippen LogP contribution is 2.33. The number of imidazole rings is 1. The van der Waals surface area contributed by atoms with Crippen molar-refractivity contribution in [3.63, 3.8) is 0 Å². The van der Waals surface area contributed by atoms with E-state index in [1.165, 1.54) is 0 Å². The number of aromatic nitrogens is 5. The van der Waals surface area contributed by atoms with Gasteiger partial charge in [0.2, 0.25) is 5.95 Å². The lowest BCUT2D eigenvalue weighted by Crippen LogP contribution is -2.62. The summed E-state index contributed by atoms with van der Waals surface area (Å²) in [6.45, 7) is 8.92. The molecule has 2 N–H and O–H groups in total. The zero-order chi connectivity index (χ0) is 21.5. The fraction of sp³-hybridized carbons (Fsp3) is 0.455. The zero-order valence-corrected chi connectivity index (χ0v) is 18.2. The topological polar surface area (TPSA) is 92.0 Å². The number of hydrogen-bond acceptors (Lipinski definition) is 7. The predicted molar refractivity (Wildman–Crippen MR) is 117 cm³/mol. The second kappa shape index (κ2) is 7.36. The molecule has 3 heterocycles. The summed E-state index contributed by atoms with van der Waals surface area (Å²) in [7, 11) is 2.02. The molecule has 0 saturated carbocycles. The minimum atomic E-state index is 0.0385. The Balaban J connectivity index is 1.54. The van der Waals surface area contributed by atoms with Gasteiger partial charge in [0.05, 0.1) is 18.2 Å². The van der Waals surface area contributed by atoms with Crippen LogP contribution in [0.1, 0.15) is 40.5 Å². The van der Waals surface area contributed by atoms with Gasteiger partial charge in [-0.3, -0.25) is 0 Å². The number of anilines is 1. The molecule has 30 heavy (non-hydrogen) atoms. The van der Waals surface area contributed by atoms with Gasteiger partial charge in [0.15, 0.2) is 0 Å². The Bertz CT molecular complexity index is 996. The molecule has 4 rings (SSSR count). The van der Waals surface area contributed by atoms with Gasteiger partial charge in [0.25, 0.3) is 0 Å². The Morgan fingerprint density at radius 1 is 1.13 bits per heavy atom. The van der Waals surface area contributed by atoms with Crippen LogP contribution in [0.5, 0.6) is 5.75 Å². The summed E-state index contributed by atoms with van der Waals surface area (Å²) >= 11 is 0. The Labute approximate surface area is 177 Å². The number of nitrogens with one attached hydrogen (secondary N) is 1. The second-order valence-electron chi connectivity index (χ2n) is 9.38. The third-order valence-corrected chi connectivity index (χ3v) is 5.64. The van der Waals surface area contributed by atoms with Gasteiger partial charge in [-0.2, -0.15) is 0 Å². The van der Waals surface area contributed by atoms with E-state index in [9.17, 15) is 5.11 Å². The van der Waals surface area contributed by atoms with Crippen molar-refractivity contribution in [3.8, 4) is 22.7 Å². The second-order valence-corrected chi connectivity index (χ2v) is 9.38. The van der Waals surface area contributed by atoms with E-state index in [4.69, 9.17) is 0 Å². The Kier molecular flexibility index (Phi) is 4.97. The van der Waals surface area contributed by atoms with E-state index >= 15 is 0 Å². The number of phenols is 1. The molecule has 0 aliphatic carbocycles. The molecule has 0 bridgehead atoms. The molecule has 1 saturated heterocycles. The molecule has 1 aliphatic rings. The van der Waals surface area contributed by atoms with Crippen LogP contribution in [0.3, 0.4) is 0 Å². The van der Waals surface area contributed by atoms with Crippen molar-refractivity contribution in [3.05, 3.63) is 43.1 Å². The minimum Gasteiger partial charge on any atom is -0.507 e. The highest BCUT2D eigenvalue weighted by atomic mass is 16.3. The summed E-state index contributed by atoms with van der Waals surface area (Å²) in [6.07, 6.45) is 8.86. The van der Waals surface area contributed by atoms with Crippen molar-refractivity contribution in [1.29, 1.82) is 0 Å². The molecule has 0 spiro atoms. The van der Waals surface area contributed by atoms with E-state index < -0.39 is 0 Å². The molecule has 1 aromatic carbocycles. The SMILES string of the molecule is CN(c1ncc(-c2ccc(-n3ccnc3)cc2O)nn1)C1CC(C)(C)NC(C)(C)C1. The highest BCUT2D eigenvalue weighted by molar-refractivity contribution is 5.68. The van der Waals surface area contributed by atoms with Crippen molar-refractivity contribution in [2.24, 2.45) is 0 Å². The number of rotatable bonds is 4. The fourth-order valence-electron chi connectivity index (χ4n) is 4.57. The lowest BCUT2D eigenvalue weighted by molar-refractivity contribution is 0.160. The first-order valence-electron chi connectivity index (χ1n) is 10.2. The lowest BCUT2D eigenvalue weighted by atomic mass is 9.79. The van der Waals surface area contributed by atoms with Crippen LogP contribution >= 0.6 is 0 Å². The molecule has 8 heteroatoms. The zero-order valence-electron chi connectivity index (χ0n) is 18.2. The van der Waals surface area contributed by atoms with Gasteiger partial charge in [-0.1, -0.05) is 0 Å². The fourth-order valence-corrected chi connectivity index (χ4v) is 4.57. The molecule has 8 nitrogen and oxygen atoms in total. The minimum absolute atomic E-state index is 0.0385. The largest absolute Gasteiger partial charge is 0.507 e. The molecule has 1 aliphatic heterocycles. The van der Waals surface area contributed by atoms with Crippen LogP contribution in [0, 0.1) is 0 Å². The first-order chi connectivity index (χ1) is 14.1. The predicted octanol–water partition coefficient (Wildman–Crippen LogP) is 3.18. The Morgan fingerprint density at radius 2 is 1.87 bits per heavy atom. The normalized spacial score (nSPS) is 18.3. The number of benzene rings is 1. The van der Waals surface area contributed by atoms with Gasteiger partial charge in [-0.05, 0) is 52.7 Å². The average Bonchev–Trinajstić information content (AvgIpc) is 3.20. The smallest absolute Gasteiger partial charge is 0.245 e. The average molecular weight is 408 g/mol. The Morgan fingerprint density at radius 3 is 2.43 bits per heavy atom. The monoisotopic (exact) mass is 407 g/mol. The summed E-state index contributed by atoms with van der Waals surface area (Å²) in [5.41, 5.74) is 2.03. The quantitative estimate of drug-likeness (QED) is 0.686. The summed E-state index contributed by atoms with van der Waals surface area (Å²) in [5, 5.41) is 22.9. The molecule has 2 aromatic heterocycles. The standard InChI is InChI=1S/C22H29N7O/c1-21(2)11-16(12-22(3,4)27-21)28(5)20-24-13-18(25-26-20)17-7-6-15(10-19(17)30)29-9-8-23-14-29/h6-10,13-14,16,27,30H,11-12H2,1-5H3. The Hall–Kier alpha value is -3.00. The van der Waals surface area contributed by atoms with Crippen molar-refractivity contribution >= 4 is 5.95 Å². The summed E-state index contributed by atoms with van der Waals surface area (Å²) in [4.78, 5) is 10.7. The van der Waals surface area contributed by atoms with Crippen LogP contribution in [0.25, 0.3) is 16.9 Å². The molecular formula is C22H29N7O. The van der Waals surface area contributed by atoms with Gasteiger partial charge < -0.3 is 19.9 Å². The molecular weight excluding hydrogens is 378 g/mol. The molecule has 0 unspecified atom stereocenters. The molecule has 1 fully saturated rings. The van der Waals surface area contributed by atoms with Crippen molar-refractivity contribution in [1.82, 2.24) is 30.0 Å². The van der Waals surface area contributed by atoms with Crippen LogP contribution in [0.2, 0.25) is 0 Å². The third kappa shape index (κ3) is 4.14. The maximum atomic E-state index is 10.5. The van der Waals surface area contributed by atoms with E-state index in [0.717, 1.165) is 18.5 Å². The van der Waals surface area contributed by atoms with Crippen LogP contribution in [0.4, 0.5) is 5.95 Å². The third-order valence-electron chi connectivity index (χ3n) is 5.64. The van der Waals surface area contributed by atoms with Crippen LogP contribution in [-0.4, -0.2) is 54.0 Å². The van der Waals surface area contributed by atoms with E-state index in [-0.39, 0.29) is 16.8 Å². The first kappa shape index (κ1) is 20.3. The lowest BCUT2D eigenvalue weighted by Gasteiger charge is -2.48. The van der Waals surface area contributed by atoms with Crippen LogP contribution in [0.15, 0.2) is 43.1 Å². The van der Waals surface area contributed by atoms with E-state index in [1.54, 1.807) is 24.8 Å². The van der Waals surface area contributed by atoms with Crippen molar-refractivity contribution < 1.29 is 5.11 Å². The number of aromatic hydroxyl groups is 1. The van der Waals surface area contributed by atoms with Gasteiger partial charge >= 0.3 is 0 Å². The number of piperidine rings is 1. The summed E-state index contributed by atoms with van der Waals surface area (Å²) in [6, 6.07) is 5.71. The first-order valence-corrected chi connectivity index (χ1v) is 10.2. The van der Waals surface area contributed by atoms with Gasteiger partial charge in [0.1, 0.15) is 11.4 Å². The van der Waals surface area contributed by atoms with Gasteiger partial charge in [-0.15, -0.1) is 10.2 Å².